The van der Waals surface area contributed by atoms with Gasteiger partial charge in [-0.3, -0.25) is 0 Å². The first kappa shape index (κ1) is 9.89. The van der Waals surface area contributed by atoms with Crippen molar-refractivity contribution >= 4 is 16.7 Å². The van der Waals surface area contributed by atoms with E-state index in [1.54, 1.807) is 6.07 Å². The predicted molar refractivity (Wildman–Crippen MR) is 62.9 cm³/mol. The maximum atomic E-state index is 13.9. The van der Waals surface area contributed by atoms with E-state index in [1.165, 1.54) is 12.1 Å². The average Bonchev–Trinajstić information content (AvgIpc) is 2.82. The number of nitrogens with zero attached hydrogens (tertiary/aromatic N) is 1. The van der Waals surface area contributed by atoms with E-state index in [2.05, 4.69) is 10.1 Å². The van der Waals surface area contributed by atoms with Crippen molar-refractivity contribution in [2.24, 2.45) is 0 Å². The summed E-state index contributed by atoms with van der Waals surface area (Å²) < 4.78 is 18.8. The first-order chi connectivity index (χ1) is 8.13. The molecular weight excluding hydrogens is 221 g/mol. The molecule has 0 atom stereocenters. The summed E-state index contributed by atoms with van der Waals surface area (Å²) in [5.41, 5.74) is 7.63. The van der Waals surface area contributed by atoms with Crippen LogP contribution in [-0.2, 0) is 0 Å². The first-order valence-corrected chi connectivity index (χ1v) is 5.15. The average molecular weight is 231 g/mol. The number of anilines is 1. The molecule has 0 aliphatic rings. The van der Waals surface area contributed by atoms with Gasteiger partial charge in [0.15, 0.2) is 11.6 Å². The maximum Gasteiger partial charge on any atom is 0.172 e. The lowest BCUT2D eigenvalue weighted by Gasteiger charge is -1.98. The Labute approximate surface area is 96.2 Å². The zero-order valence-corrected chi connectivity index (χ0v) is 9.12. The molecule has 2 aromatic heterocycles. The van der Waals surface area contributed by atoms with Gasteiger partial charge >= 0.3 is 0 Å². The molecule has 3 aromatic rings. The number of nitrogens with one attached hydrogen (secondary N) is 1. The van der Waals surface area contributed by atoms with Gasteiger partial charge in [-0.1, -0.05) is 5.16 Å². The van der Waals surface area contributed by atoms with E-state index in [0.717, 1.165) is 16.6 Å². The van der Waals surface area contributed by atoms with E-state index in [-0.39, 0.29) is 11.6 Å². The molecule has 0 aliphatic heterocycles. The molecule has 3 N–H and O–H groups in total. The second-order valence-electron chi connectivity index (χ2n) is 3.99. The smallest absolute Gasteiger partial charge is 0.172 e. The Morgan fingerprint density at radius 3 is 2.82 bits per heavy atom. The highest BCUT2D eigenvalue weighted by molar-refractivity contribution is 5.85. The Hall–Kier alpha value is -2.30. The van der Waals surface area contributed by atoms with Crippen LogP contribution in [0.1, 0.15) is 5.69 Å². The fraction of sp³-hybridized carbons (Fsp3) is 0.0833. The zero-order chi connectivity index (χ0) is 12.0. The van der Waals surface area contributed by atoms with Gasteiger partial charge in [0.05, 0.1) is 5.56 Å². The van der Waals surface area contributed by atoms with Crippen LogP contribution in [-0.4, -0.2) is 10.1 Å². The van der Waals surface area contributed by atoms with Crippen LogP contribution in [0.3, 0.4) is 0 Å². The number of hydrogen-bond donors (Lipinski definition) is 2. The summed E-state index contributed by atoms with van der Waals surface area (Å²) in [4.78, 5) is 3.14. The highest BCUT2D eigenvalue weighted by Gasteiger charge is 2.12. The second-order valence-corrected chi connectivity index (χ2v) is 3.99. The van der Waals surface area contributed by atoms with E-state index in [1.807, 2.05) is 13.0 Å². The number of rotatable bonds is 1. The minimum Gasteiger partial charge on any atom is -0.381 e. The van der Waals surface area contributed by atoms with Gasteiger partial charge in [-0.15, -0.1) is 0 Å². The number of benzene rings is 1. The Balaban J connectivity index is 2.25. The minimum atomic E-state index is -0.354. The summed E-state index contributed by atoms with van der Waals surface area (Å²) >= 11 is 0. The van der Waals surface area contributed by atoms with Gasteiger partial charge in [-0.2, -0.15) is 0 Å². The Morgan fingerprint density at radius 2 is 2.12 bits per heavy atom. The summed E-state index contributed by atoms with van der Waals surface area (Å²) in [6.45, 7) is 1.92. The van der Waals surface area contributed by atoms with Crippen LogP contribution in [0.4, 0.5) is 10.2 Å². The van der Waals surface area contributed by atoms with Gasteiger partial charge in [0, 0.05) is 22.7 Å². The van der Waals surface area contributed by atoms with Gasteiger partial charge in [0.25, 0.3) is 0 Å². The van der Waals surface area contributed by atoms with E-state index in [0.29, 0.717) is 11.3 Å². The molecule has 2 heterocycles. The molecule has 0 amide bonds. The SMILES string of the molecule is Cc1cc2cc(F)c(-c3cc(N)no3)cc2[nH]1. The third-order valence-corrected chi connectivity index (χ3v) is 2.64. The highest BCUT2D eigenvalue weighted by Crippen LogP contribution is 2.28. The minimum absolute atomic E-state index is 0.238. The molecule has 0 unspecified atom stereocenters. The lowest BCUT2D eigenvalue weighted by Crippen LogP contribution is -1.83. The lowest BCUT2D eigenvalue weighted by atomic mass is 10.1. The molecular formula is C12H10FN3O. The van der Waals surface area contributed by atoms with Gasteiger partial charge in [-0.05, 0) is 25.1 Å². The second kappa shape index (κ2) is 3.35. The topological polar surface area (TPSA) is 67.8 Å². The largest absolute Gasteiger partial charge is 0.381 e. The zero-order valence-electron chi connectivity index (χ0n) is 9.12. The van der Waals surface area contributed by atoms with E-state index in [4.69, 9.17) is 10.3 Å². The van der Waals surface area contributed by atoms with Crippen LogP contribution >= 0.6 is 0 Å². The predicted octanol–water partition coefficient (Wildman–Crippen LogP) is 2.85. The Morgan fingerprint density at radius 1 is 1.29 bits per heavy atom. The fourth-order valence-electron chi connectivity index (χ4n) is 1.90. The molecule has 0 radical (unpaired) electrons. The molecule has 5 heteroatoms. The quantitative estimate of drug-likeness (QED) is 0.676. The normalized spacial score (nSPS) is 11.2. The molecule has 86 valence electrons. The number of halogens is 1. The number of aryl methyl sites for hydroxylation is 1. The van der Waals surface area contributed by atoms with Crippen LogP contribution in [0, 0.1) is 12.7 Å². The summed E-state index contributed by atoms with van der Waals surface area (Å²) in [7, 11) is 0. The standard InChI is InChI=1S/C12H10FN3O/c1-6-2-7-3-9(13)8(4-10(7)15-6)11-5-12(14)16-17-11/h2-5,15H,1H3,(H2,14,16). The molecule has 0 saturated carbocycles. The molecule has 1 aromatic carbocycles. The van der Waals surface area contributed by atoms with Crippen molar-refractivity contribution in [1.82, 2.24) is 10.1 Å². The number of aromatic amines is 1. The molecule has 3 rings (SSSR count). The maximum absolute atomic E-state index is 13.9. The van der Waals surface area contributed by atoms with Crippen molar-refractivity contribution in [3.63, 3.8) is 0 Å². The van der Waals surface area contributed by atoms with Crippen molar-refractivity contribution in [3.8, 4) is 11.3 Å². The van der Waals surface area contributed by atoms with E-state index < -0.39 is 0 Å². The monoisotopic (exact) mass is 231 g/mol. The van der Waals surface area contributed by atoms with Gasteiger partial charge < -0.3 is 15.2 Å². The number of H-pyrrole nitrogens is 1. The van der Waals surface area contributed by atoms with Crippen molar-refractivity contribution < 1.29 is 8.91 Å². The van der Waals surface area contributed by atoms with Crippen LogP contribution < -0.4 is 5.73 Å². The highest BCUT2D eigenvalue weighted by atomic mass is 19.1. The van der Waals surface area contributed by atoms with Gasteiger partial charge in [0.2, 0.25) is 0 Å². The summed E-state index contributed by atoms with van der Waals surface area (Å²) in [6.07, 6.45) is 0. The first-order valence-electron chi connectivity index (χ1n) is 5.15. The van der Waals surface area contributed by atoms with Gasteiger partial charge in [0.1, 0.15) is 5.82 Å². The third-order valence-electron chi connectivity index (χ3n) is 2.64. The van der Waals surface area contributed by atoms with Crippen LogP contribution in [0.5, 0.6) is 0 Å². The number of hydrogen-bond acceptors (Lipinski definition) is 3. The van der Waals surface area contributed by atoms with E-state index >= 15 is 0 Å². The Kier molecular flexibility index (Phi) is 1.95. The molecule has 0 fully saturated rings. The van der Waals surface area contributed by atoms with Crippen LogP contribution in [0.2, 0.25) is 0 Å². The molecule has 0 aliphatic carbocycles. The van der Waals surface area contributed by atoms with Crippen LogP contribution in [0.25, 0.3) is 22.2 Å². The molecule has 0 bridgehead atoms. The molecule has 0 saturated heterocycles. The fourth-order valence-corrected chi connectivity index (χ4v) is 1.90. The number of aromatic nitrogens is 2. The van der Waals surface area contributed by atoms with Crippen molar-refractivity contribution in [2.75, 3.05) is 5.73 Å². The van der Waals surface area contributed by atoms with Crippen LogP contribution in [0.15, 0.2) is 28.8 Å². The Bertz CT molecular complexity index is 699. The number of nitrogen functional groups attached to an aromatic ring is 1. The number of fused-ring (bicyclic) bond motifs is 1. The lowest BCUT2D eigenvalue weighted by molar-refractivity contribution is 0.433. The molecule has 17 heavy (non-hydrogen) atoms. The molecule has 0 spiro atoms. The summed E-state index contributed by atoms with van der Waals surface area (Å²) in [5.74, 6) is 0.212. The van der Waals surface area contributed by atoms with E-state index in [9.17, 15) is 4.39 Å². The molecule has 4 nitrogen and oxygen atoms in total. The van der Waals surface area contributed by atoms with Crippen molar-refractivity contribution in [3.05, 3.63) is 35.8 Å². The number of nitrogens with two attached hydrogens (primary N) is 1. The summed E-state index contributed by atoms with van der Waals surface area (Å²) in [5, 5.41) is 4.38. The van der Waals surface area contributed by atoms with Crippen molar-refractivity contribution in [2.45, 2.75) is 6.92 Å². The summed E-state index contributed by atoms with van der Waals surface area (Å²) in [6, 6.07) is 6.54. The van der Waals surface area contributed by atoms with Crippen molar-refractivity contribution in [1.29, 1.82) is 0 Å². The van der Waals surface area contributed by atoms with Gasteiger partial charge in [-0.25, -0.2) is 4.39 Å². The third kappa shape index (κ3) is 1.56.